The van der Waals surface area contributed by atoms with E-state index >= 15 is 0 Å². The van der Waals surface area contributed by atoms with Crippen LogP contribution in [0.4, 0.5) is 6.01 Å². The maximum absolute atomic E-state index is 10.8. The molecule has 2 heterocycles. The van der Waals surface area contributed by atoms with E-state index in [1.165, 1.54) is 11.8 Å². The molecule has 1 aromatic carbocycles. The summed E-state index contributed by atoms with van der Waals surface area (Å²) in [7, 11) is 0. The number of oxazole rings is 1. The lowest BCUT2D eigenvalue weighted by molar-refractivity contribution is 0.0690. The van der Waals surface area contributed by atoms with Gasteiger partial charge in [0.15, 0.2) is 5.69 Å². The van der Waals surface area contributed by atoms with Crippen molar-refractivity contribution < 1.29 is 14.3 Å². The number of anilines is 1. The van der Waals surface area contributed by atoms with Crippen molar-refractivity contribution in [2.75, 3.05) is 37.6 Å². The maximum atomic E-state index is 10.8. The normalized spacial score (nSPS) is 16.1. The van der Waals surface area contributed by atoms with Gasteiger partial charge in [-0.15, -0.1) is 0 Å². The fraction of sp³-hybridized carbons (Fsp3) is 0.294. The van der Waals surface area contributed by atoms with Gasteiger partial charge in [-0.25, -0.2) is 4.79 Å². The molecule has 0 aliphatic carbocycles. The van der Waals surface area contributed by atoms with Gasteiger partial charge < -0.3 is 14.4 Å². The van der Waals surface area contributed by atoms with Crippen LogP contribution in [-0.4, -0.2) is 53.7 Å². The molecular weight excluding hydrogens is 294 g/mol. The summed E-state index contributed by atoms with van der Waals surface area (Å²) in [6.45, 7) is 4.24. The molecule has 0 radical (unpaired) electrons. The first-order valence-electron chi connectivity index (χ1n) is 7.60. The molecule has 1 aromatic heterocycles. The monoisotopic (exact) mass is 313 g/mol. The Labute approximate surface area is 134 Å². The number of rotatable bonds is 5. The van der Waals surface area contributed by atoms with Gasteiger partial charge in [-0.05, 0) is 5.56 Å². The zero-order valence-corrected chi connectivity index (χ0v) is 12.8. The summed E-state index contributed by atoms with van der Waals surface area (Å²) >= 11 is 0. The van der Waals surface area contributed by atoms with Crippen molar-refractivity contribution in [3.63, 3.8) is 0 Å². The van der Waals surface area contributed by atoms with E-state index in [-0.39, 0.29) is 5.69 Å². The van der Waals surface area contributed by atoms with Crippen molar-refractivity contribution in [2.45, 2.75) is 0 Å². The highest BCUT2D eigenvalue weighted by atomic mass is 16.4. The lowest BCUT2D eigenvalue weighted by Crippen LogP contribution is -2.46. The third kappa shape index (κ3) is 3.98. The number of hydrogen-bond donors (Lipinski definition) is 1. The molecule has 23 heavy (non-hydrogen) atoms. The Morgan fingerprint density at radius 1 is 1.22 bits per heavy atom. The minimum Gasteiger partial charge on any atom is -0.476 e. The molecule has 0 amide bonds. The Morgan fingerprint density at radius 2 is 1.96 bits per heavy atom. The molecule has 0 saturated carbocycles. The number of benzene rings is 1. The van der Waals surface area contributed by atoms with Gasteiger partial charge in [0.25, 0.3) is 6.01 Å². The van der Waals surface area contributed by atoms with Gasteiger partial charge in [0.2, 0.25) is 0 Å². The van der Waals surface area contributed by atoms with Crippen molar-refractivity contribution >= 4 is 18.1 Å². The van der Waals surface area contributed by atoms with Crippen LogP contribution in [-0.2, 0) is 0 Å². The van der Waals surface area contributed by atoms with Gasteiger partial charge in [-0.2, -0.15) is 4.98 Å². The Kier molecular flexibility index (Phi) is 4.73. The Balaban J connectivity index is 1.48. The standard InChI is InChI=1S/C17H19N3O3/c21-16(22)15-13-23-17(18-15)20-11-9-19(10-12-20)8-4-7-14-5-2-1-3-6-14/h1-7,13H,8-12H2,(H,21,22)/b7-4+. The lowest BCUT2D eigenvalue weighted by atomic mass is 10.2. The second-order valence-electron chi connectivity index (χ2n) is 5.42. The SMILES string of the molecule is O=C(O)c1coc(N2CCN(C/C=C/c3ccccc3)CC2)n1. The molecule has 0 bridgehead atoms. The zero-order chi connectivity index (χ0) is 16.1. The summed E-state index contributed by atoms with van der Waals surface area (Å²) in [5.74, 6) is -1.07. The topological polar surface area (TPSA) is 69.8 Å². The first-order valence-corrected chi connectivity index (χ1v) is 7.60. The number of aromatic carboxylic acids is 1. The molecule has 6 nitrogen and oxygen atoms in total. The van der Waals surface area contributed by atoms with Crippen molar-refractivity contribution in [2.24, 2.45) is 0 Å². The summed E-state index contributed by atoms with van der Waals surface area (Å²) < 4.78 is 5.24. The summed E-state index contributed by atoms with van der Waals surface area (Å²) in [4.78, 5) is 19.1. The molecule has 1 saturated heterocycles. The van der Waals surface area contributed by atoms with E-state index in [1.54, 1.807) is 0 Å². The molecule has 1 N–H and O–H groups in total. The quantitative estimate of drug-likeness (QED) is 0.912. The number of aromatic nitrogens is 1. The third-order valence-electron chi connectivity index (χ3n) is 3.83. The molecule has 120 valence electrons. The van der Waals surface area contributed by atoms with Crippen molar-refractivity contribution in [1.29, 1.82) is 0 Å². The highest BCUT2D eigenvalue weighted by molar-refractivity contribution is 5.85. The number of nitrogens with zero attached hydrogens (tertiary/aromatic N) is 3. The second-order valence-corrected chi connectivity index (χ2v) is 5.42. The second kappa shape index (κ2) is 7.11. The van der Waals surface area contributed by atoms with Crippen LogP contribution in [0.15, 0.2) is 47.1 Å². The first kappa shape index (κ1) is 15.3. The average Bonchev–Trinajstić information content (AvgIpc) is 3.07. The maximum Gasteiger partial charge on any atom is 0.357 e. The van der Waals surface area contributed by atoms with Gasteiger partial charge in [-0.3, -0.25) is 4.90 Å². The van der Waals surface area contributed by atoms with Gasteiger partial charge >= 0.3 is 5.97 Å². The van der Waals surface area contributed by atoms with Crippen molar-refractivity contribution in [3.05, 3.63) is 53.9 Å². The van der Waals surface area contributed by atoms with Crippen molar-refractivity contribution in [3.8, 4) is 0 Å². The van der Waals surface area contributed by atoms with Crippen LogP contribution in [0, 0.1) is 0 Å². The minimum absolute atomic E-state index is 0.0479. The zero-order valence-electron chi connectivity index (χ0n) is 12.8. The average molecular weight is 313 g/mol. The Morgan fingerprint density at radius 3 is 2.61 bits per heavy atom. The molecule has 1 fully saturated rings. The lowest BCUT2D eigenvalue weighted by Gasteiger charge is -2.33. The number of carboxylic acids is 1. The van der Waals surface area contributed by atoms with Crippen LogP contribution in [0.2, 0.25) is 0 Å². The van der Waals surface area contributed by atoms with Gasteiger partial charge in [0.1, 0.15) is 6.26 Å². The molecule has 1 aliphatic rings. The van der Waals surface area contributed by atoms with E-state index < -0.39 is 5.97 Å². The molecule has 0 unspecified atom stereocenters. The van der Waals surface area contributed by atoms with E-state index in [0.29, 0.717) is 6.01 Å². The van der Waals surface area contributed by atoms with Crippen LogP contribution in [0.1, 0.15) is 16.1 Å². The van der Waals surface area contributed by atoms with Crippen LogP contribution in [0.3, 0.4) is 0 Å². The number of hydrogen-bond acceptors (Lipinski definition) is 5. The molecular formula is C17H19N3O3. The van der Waals surface area contributed by atoms with Gasteiger partial charge in [0, 0.05) is 32.7 Å². The predicted molar refractivity (Wildman–Crippen MR) is 87.6 cm³/mol. The number of carboxylic acid groups (broad SMARTS) is 1. The Bertz CT molecular complexity index is 673. The summed E-state index contributed by atoms with van der Waals surface area (Å²) in [6, 6.07) is 10.6. The fourth-order valence-electron chi connectivity index (χ4n) is 2.53. The molecule has 3 rings (SSSR count). The highest BCUT2D eigenvalue weighted by Gasteiger charge is 2.21. The molecule has 1 aliphatic heterocycles. The summed E-state index contributed by atoms with van der Waals surface area (Å²) in [6.07, 6.45) is 5.48. The fourth-order valence-corrected chi connectivity index (χ4v) is 2.53. The van der Waals surface area contributed by atoms with Crippen LogP contribution in [0.25, 0.3) is 6.08 Å². The summed E-state index contributed by atoms with van der Waals surface area (Å²) in [5.41, 5.74) is 1.15. The number of carbonyl (C=O) groups is 1. The minimum atomic E-state index is -1.07. The van der Waals surface area contributed by atoms with Crippen LogP contribution >= 0.6 is 0 Å². The summed E-state index contributed by atoms with van der Waals surface area (Å²) in [5, 5.41) is 8.87. The van der Waals surface area contributed by atoms with E-state index in [1.807, 2.05) is 23.1 Å². The van der Waals surface area contributed by atoms with E-state index in [9.17, 15) is 4.79 Å². The molecule has 0 spiro atoms. The van der Waals surface area contributed by atoms with Gasteiger partial charge in [-0.1, -0.05) is 42.5 Å². The predicted octanol–water partition coefficient (Wildman–Crippen LogP) is 2.21. The number of piperazine rings is 1. The van der Waals surface area contributed by atoms with Gasteiger partial charge in [0.05, 0.1) is 0 Å². The molecule has 2 aromatic rings. The van der Waals surface area contributed by atoms with E-state index in [0.717, 1.165) is 32.7 Å². The van der Waals surface area contributed by atoms with E-state index in [2.05, 4.69) is 34.2 Å². The van der Waals surface area contributed by atoms with E-state index in [4.69, 9.17) is 9.52 Å². The van der Waals surface area contributed by atoms with Crippen LogP contribution in [0.5, 0.6) is 0 Å². The van der Waals surface area contributed by atoms with Crippen molar-refractivity contribution in [1.82, 2.24) is 9.88 Å². The Hall–Kier alpha value is -2.60. The third-order valence-corrected chi connectivity index (χ3v) is 3.83. The first-order chi connectivity index (χ1) is 11.2. The molecule has 0 atom stereocenters. The van der Waals surface area contributed by atoms with Crippen LogP contribution < -0.4 is 4.90 Å². The largest absolute Gasteiger partial charge is 0.476 e. The smallest absolute Gasteiger partial charge is 0.357 e. The molecule has 6 heteroatoms. The highest BCUT2D eigenvalue weighted by Crippen LogP contribution is 2.16.